The first kappa shape index (κ1) is 14.6. The summed E-state index contributed by atoms with van der Waals surface area (Å²) in [7, 11) is 0. The van der Waals surface area contributed by atoms with E-state index in [2.05, 4.69) is 15.1 Å². The molecule has 1 saturated heterocycles. The summed E-state index contributed by atoms with van der Waals surface area (Å²) in [5.74, 6) is 0. The lowest BCUT2D eigenvalue weighted by atomic mass is 9.97. The van der Waals surface area contributed by atoms with Gasteiger partial charge in [0.1, 0.15) is 0 Å². The average Bonchev–Trinajstić information content (AvgIpc) is 2.52. The molecule has 1 N–H and O–H groups in total. The van der Waals surface area contributed by atoms with E-state index in [1.54, 1.807) is 6.20 Å². The van der Waals surface area contributed by atoms with E-state index in [0.717, 1.165) is 37.2 Å². The van der Waals surface area contributed by atoms with Crippen LogP contribution in [0.3, 0.4) is 0 Å². The molecule has 1 aliphatic carbocycles. The van der Waals surface area contributed by atoms with E-state index in [-0.39, 0.29) is 5.56 Å². The highest BCUT2D eigenvalue weighted by Crippen LogP contribution is 2.26. The third kappa shape index (κ3) is 3.46. The third-order valence-corrected chi connectivity index (χ3v) is 4.80. The van der Waals surface area contributed by atoms with Crippen molar-refractivity contribution in [2.75, 3.05) is 18.0 Å². The van der Waals surface area contributed by atoms with Crippen LogP contribution in [0.5, 0.6) is 0 Å². The molecule has 0 bridgehead atoms. The Kier molecular flexibility index (Phi) is 4.58. The van der Waals surface area contributed by atoms with E-state index in [0.29, 0.717) is 12.2 Å². The largest absolute Gasteiger partial charge is 0.375 e. The van der Waals surface area contributed by atoms with Crippen molar-refractivity contribution in [3.8, 4) is 0 Å². The van der Waals surface area contributed by atoms with Crippen LogP contribution in [0.2, 0.25) is 0 Å². The van der Waals surface area contributed by atoms with Gasteiger partial charge in [-0.15, -0.1) is 0 Å². The molecular formula is C16H25N3O2. The molecular weight excluding hydrogens is 266 g/mol. The Hall–Kier alpha value is -1.36. The minimum atomic E-state index is -0.0897. The molecule has 1 saturated carbocycles. The first-order valence-corrected chi connectivity index (χ1v) is 8.19. The first-order valence-electron chi connectivity index (χ1n) is 8.19. The van der Waals surface area contributed by atoms with Crippen molar-refractivity contribution in [3.63, 3.8) is 0 Å². The van der Waals surface area contributed by atoms with Gasteiger partial charge in [0.2, 0.25) is 0 Å². The minimum absolute atomic E-state index is 0.0897. The van der Waals surface area contributed by atoms with Gasteiger partial charge in [-0.1, -0.05) is 19.3 Å². The van der Waals surface area contributed by atoms with Crippen molar-refractivity contribution < 1.29 is 4.74 Å². The van der Waals surface area contributed by atoms with E-state index in [9.17, 15) is 4.79 Å². The van der Waals surface area contributed by atoms with Gasteiger partial charge >= 0.3 is 0 Å². The van der Waals surface area contributed by atoms with E-state index in [1.807, 2.05) is 6.92 Å². The van der Waals surface area contributed by atoms with Gasteiger partial charge in [0, 0.05) is 18.7 Å². The van der Waals surface area contributed by atoms with Crippen LogP contribution in [0.1, 0.15) is 50.5 Å². The van der Waals surface area contributed by atoms with Crippen molar-refractivity contribution in [1.82, 2.24) is 10.2 Å². The Morgan fingerprint density at radius 1 is 1.14 bits per heavy atom. The maximum absolute atomic E-state index is 11.6. The van der Waals surface area contributed by atoms with Crippen molar-refractivity contribution in [1.29, 1.82) is 0 Å². The summed E-state index contributed by atoms with van der Waals surface area (Å²) in [5.41, 5.74) is 1.64. The van der Waals surface area contributed by atoms with Gasteiger partial charge in [0.05, 0.1) is 24.1 Å². The zero-order chi connectivity index (χ0) is 14.7. The topological polar surface area (TPSA) is 58.2 Å². The second-order valence-electron chi connectivity index (χ2n) is 6.29. The fourth-order valence-electron chi connectivity index (χ4n) is 3.47. The Labute approximate surface area is 125 Å². The normalized spacial score (nSPS) is 21.7. The number of nitrogens with one attached hydrogen (secondary N) is 1. The summed E-state index contributed by atoms with van der Waals surface area (Å²) < 4.78 is 6.26. The van der Waals surface area contributed by atoms with Gasteiger partial charge in [-0.25, -0.2) is 5.10 Å². The molecule has 5 heteroatoms. The number of rotatable bonds is 3. The number of hydrogen-bond acceptors (Lipinski definition) is 4. The Bertz CT molecular complexity index is 514. The highest BCUT2D eigenvalue weighted by molar-refractivity contribution is 5.50. The zero-order valence-corrected chi connectivity index (χ0v) is 12.8. The van der Waals surface area contributed by atoms with Gasteiger partial charge in [0.25, 0.3) is 5.56 Å². The van der Waals surface area contributed by atoms with Crippen LogP contribution in [0, 0.1) is 6.92 Å². The fraction of sp³-hybridized carbons (Fsp3) is 0.750. The van der Waals surface area contributed by atoms with Crippen LogP contribution in [-0.4, -0.2) is 35.5 Å². The molecule has 1 aromatic heterocycles. The number of H-pyrrole nitrogens is 1. The van der Waals surface area contributed by atoms with Crippen molar-refractivity contribution in [3.05, 3.63) is 22.1 Å². The molecule has 0 amide bonds. The number of hydrogen-bond donors (Lipinski definition) is 1. The maximum Gasteiger partial charge on any atom is 0.269 e. The molecule has 1 aromatic rings. The predicted octanol–water partition coefficient (Wildman–Crippen LogP) is 2.40. The summed E-state index contributed by atoms with van der Waals surface area (Å²) in [6.45, 7) is 3.76. The van der Waals surface area contributed by atoms with Gasteiger partial charge in [0.15, 0.2) is 0 Å². The number of anilines is 1. The Balaban J connectivity index is 1.55. The standard InChI is InChI=1S/C16H25N3O2/c1-12-15(11-17-18-16(12)20)19-9-7-14(8-10-19)21-13-5-3-2-4-6-13/h11,13-14H,2-10H2,1H3,(H,18,20). The van der Waals surface area contributed by atoms with Crippen LogP contribution in [0.4, 0.5) is 5.69 Å². The molecule has 0 radical (unpaired) electrons. The molecule has 0 atom stereocenters. The lowest BCUT2D eigenvalue weighted by Crippen LogP contribution is -2.39. The summed E-state index contributed by atoms with van der Waals surface area (Å²) in [6.07, 6.45) is 11.2. The molecule has 21 heavy (non-hydrogen) atoms. The smallest absolute Gasteiger partial charge is 0.269 e. The van der Waals surface area contributed by atoms with E-state index < -0.39 is 0 Å². The molecule has 1 aliphatic heterocycles. The number of aromatic nitrogens is 2. The Morgan fingerprint density at radius 3 is 2.52 bits per heavy atom. The van der Waals surface area contributed by atoms with Crippen LogP contribution in [0.15, 0.2) is 11.0 Å². The SMILES string of the molecule is Cc1c(N2CCC(OC3CCCCC3)CC2)cn[nH]c1=O. The summed E-state index contributed by atoms with van der Waals surface area (Å²) in [4.78, 5) is 13.9. The molecule has 3 rings (SSSR count). The predicted molar refractivity (Wildman–Crippen MR) is 82.8 cm³/mol. The highest BCUT2D eigenvalue weighted by Gasteiger charge is 2.25. The summed E-state index contributed by atoms with van der Waals surface area (Å²) in [6, 6.07) is 0. The van der Waals surface area contributed by atoms with Crippen LogP contribution in [0.25, 0.3) is 0 Å². The maximum atomic E-state index is 11.6. The van der Waals surface area contributed by atoms with Gasteiger partial charge in [-0.3, -0.25) is 4.79 Å². The Morgan fingerprint density at radius 2 is 1.81 bits per heavy atom. The van der Waals surface area contributed by atoms with Crippen molar-refractivity contribution >= 4 is 5.69 Å². The quantitative estimate of drug-likeness (QED) is 0.929. The van der Waals surface area contributed by atoms with E-state index in [1.165, 1.54) is 32.1 Å². The van der Waals surface area contributed by atoms with Gasteiger partial charge in [-0.2, -0.15) is 5.10 Å². The molecule has 0 unspecified atom stereocenters. The second kappa shape index (κ2) is 6.60. The molecule has 0 aromatic carbocycles. The third-order valence-electron chi connectivity index (χ3n) is 4.80. The van der Waals surface area contributed by atoms with Crippen molar-refractivity contribution in [2.24, 2.45) is 0 Å². The van der Waals surface area contributed by atoms with Gasteiger partial charge < -0.3 is 9.64 Å². The number of nitrogens with zero attached hydrogens (tertiary/aromatic N) is 2. The summed E-state index contributed by atoms with van der Waals surface area (Å²) >= 11 is 0. The lowest BCUT2D eigenvalue weighted by molar-refractivity contribution is -0.0395. The van der Waals surface area contributed by atoms with Gasteiger partial charge in [-0.05, 0) is 32.6 Å². The summed E-state index contributed by atoms with van der Waals surface area (Å²) in [5, 5.41) is 6.41. The molecule has 5 nitrogen and oxygen atoms in total. The van der Waals surface area contributed by atoms with Crippen LogP contribution < -0.4 is 10.5 Å². The lowest BCUT2D eigenvalue weighted by Gasteiger charge is -2.36. The molecule has 0 spiro atoms. The number of aromatic amines is 1. The molecule has 116 valence electrons. The monoisotopic (exact) mass is 291 g/mol. The number of ether oxygens (including phenoxy) is 1. The van der Waals surface area contributed by atoms with Crippen LogP contribution >= 0.6 is 0 Å². The number of piperidine rings is 1. The van der Waals surface area contributed by atoms with E-state index >= 15 is 0 Å². The molecule has 2 heterocycles. The highest BCUT2D eigenvalue weighted by atomic mass is 16.5. The minimum Gasteiger partial charge on any atom is -0.375 e. The average molecular weight is 291 g/mol. The fourth-order valence-corrected chi connectivity index (χ4v) is 3.47. The second-order valence-corrected chi connectivity index (χ2v) is 6.29. The zero-order valence-electron chi connectivity index (χ0n) is 12.8. The molecule has 2 fully saturated rings. The first-order chi connectivity index (χ1) is 10.2. The van der Waals surface area contributed by atoms with E-state index in [4.69, 9.17) is 4.74 Å². The van der Waals surface area contributed by atoms with Crippen LogP contribution in [-0.2, 0) is 4.74 Å². The molecule has 2 aliphatic rings. The van der Waals surface area contributed by atoms with Crippen molar-refractivity contribution in [2.45, 2.75) is 64.1 Å².